The van der Waals surface area contributed by atoms with E-state index in [1.54, 1.807) is 0 Å². The number of benzene rings is 3. The molecule has 3 aromatic rings. The zero-order valence-corrected chi connectivity index (χ0v) is 17.5. The highest BCUT2D eigenvalue weighted by atomic mass is 16.2. The van der Waals surface area contributed by atoms with E-state index in [9.17, 15) is 9.59 Å². The van der Waals surface area contributed by atoms with Crippen molar-refractivity contribution >= 4 is 11.8 Å². The molecule has 0 spiro atoms. The molecule has 1 aliphatic rings. The molecule has 152 valence electrons. The third kappa shape index (κ3) is 4.13. The molecule has 0 unspecified atom stereocenters. The molecule has 1 heterocycles. The molecule has 0 aromatic heterocycles. The van der Waals surface area contributed by atoms with E-state index in [0.29, 0.717) is 31.7 Å². The van der Waals surface area contributed by atoms with Crippen molar-refractivity contribution in [3.63, 3.8) is 0 Å². The Balaban J connectivity index is 1.38. The fourth-order valence-corrected chi connectivity index (χ4v) is 3.79. The van der Waals surface area contributed by atoms with Gasteiger partial charge >= 0.3 is 0 Å². The lowest BCUT2D eigenvalue weighted by Gasteiger charge is -2.35. The van der Waals surface area contributed by atoms with Crippen LogP contribution in [0.15, 0.2) is 72.8 Å². The van der Waals surface area contributed by atoms with Crippen molar-refractivity contribution in [2.75, 3.05) is 26.2 Å². The lowest BCUT2D eigenvalue weighted by molar-refractivity contribution is 0.0535. The molecule has 4 heteroatoms. The first-order valence-corrected chi connectivity index (χ1v) is 10.3. The van der Waals surface area contributed by atoms with Crippen molar-refractivity contribution in [1.29, 1.82) is 0 Å². The van der Waals surface area contributed by atoms with Gasteiger partial charge in [-0.05, 0) is 60.4 Å². The third-order valence-corrected chi connectivity index (χ3v) is 5.85. The van der Waals surface area contributed by atoms with Gasteiger partial charge in [-0.3, -0.25) is 9.59 Å². The minimum absolute atomic E-state index is 0.0212. The van der Waals surface area contributed by atoms with Crippen molar-refractivity contribution in [1.82, 2.24) is 9.80 Å². The second kappa shape index (κ2) is 8.54. The van der Waals surface area contributed by atoms with Crippen molar-refractivity contribution in [2.24, 2.45) is 0 Å². The lowest BCUT2D eigenvalue weighted by atomic mass is 10.0. The van der Waals surface area contributed by atoms with E-state index in [0.717, 1.165) is 22.3 Å². The summed E-state index contributed by atoms with van der Waals surface area (Å²) in [7, 11) is 0. The van der Waals surface area contributed by atoms with Crippen LogP contribution in [-0.4, -0.2) is 47.8 Å². The van der Waals surface area contributed by atoms with Crippen LogP contribution in [0.1, 0.15) is 31.8 Å². The number of carbonyl (C=O) groups is 2. The predicted molar refractivity (Wildman–Crippen MR) is 120 cm³/mol. The summed E-state index contributed by atoms with van der Waals surface area (Å²) >= 11 is 0. The summed E-state index contributed by atoms with van der Waals surface area (Å²) in [5.74, 6) is 0.0605. The predicted octanol–water partition coefficient (Wildman–Crippen LogP) is 4.57. The van der Waals surface area contributed by atoms with Crippen LogP contribution in [0.25, 0.3) is 11.1 Å². The fraction of sp³-hybridized carbons (Fsp3) is 0.231. The summed E-state index contributed by atoms with van der Waals surface area (Å²) < 4.78 is 0. The molecule has 0 atom stereocenters. The minimum atomic E-state index is 0.0212. The van der Waals surface area contributed by atoms with Gasteiger partial charge in [-0.1, -0.05) is 48.5 Å². The number of amides is 2. The molecule has 3 aromatic carbocycles. The molecule has 0 N–H and O–H groups in total. The Hall–Kier alpha value is -3.40. The fourth-order valence-electron chi connectivity index (χ4n) is 3.79. The average Bonchev–Trinajstić information content (AvgIpc) is 2.81. The Kier molecular flexibility index (Phi) is 5.66. The van der Waals surface area contributed by atoms with Gasteiger partial charge in [0.05, 0.1) is 0 Å². The van der Waals surface area contributed by atoms with Crippen LogP contribution in [0.4, 0.5) is 0 Å². The number of hydrogen-bond acceptors (Lipinski definition) is 2. The molecule has 1 saturated heterocycles. The van der Waals surface area contributed by atoms with Gasteiger partial charge in [0.25, 0.3) is 11.8 Å². The Bertz CT molecular complexity index is 1050. The maximum Gasteiger partial charge on any atom is 0.253 e. The van der Waals surface area contributed by atoms with Crippen LogP contribution < -0.4 is 0 Å². The molecule has 0 bridgehead atoms. The number of carbonyl (C=O) groups excluding carboxylic acids is 2. The van der Waals surface area contributed by atoms with Gasteiger partial charge in [-0.25, -0.2) is 0 Å². The van der Waals surface area contributed by atoms with E-state index in [1.807, 2.05) is 84.3 Å². The number of piperazine rings is 1. The summed E-state index contributed by atoms with van der Waals surface area (Å²) in [5.41, 5.74) is 5.93. The highest BCUT2D eigenvalue weighted by molar-refractivity contribution is 5.96. The van der Waals surface area contributed by atoms with Crippen molar-refractivity contribution in [3.8, 4) is 11.1 Å². The standard InChI is InChI=1S/C26H26N2O2/c1-19-8-9-24(18-20(19)2)26(30)28-16-14-27(15-17-28)25(29)23-12-10-22(11-13-23)21-6-4-3-5-7-21/h3-13,18H,14-17H2,1-2H3. The molecule has 1 aliphatic heterocycles. The van der Waals surface area contributed by atoms with E-state index in [2.05, 4.69) is 12.1 Å². The molecule has 4 nitrogen and oxygen atoms in total. The van der Waals surface area contributed by atoms with E-state index in [4.69, 9.17) is 0 Å². The van der Waals surface area contributed by atoms with Crippen LogP contribution in [0.2, 0.25) is 0 Å². The zero-order valence-electron chi connectivity index (χ0n) is 17.5. The van der Waals surface area contributed by atoms with E-state index >= 15 is 0 Å². The second-order valence-electron chi connectivity index (χ2n) is 7.83. The summed E-state index contributed by atoms with van der Waals surface area (Å²) in [6, 6.07) is 23.7. The maximum atomic E-state index is 12.9. The van der Waals surface area contributed by atoms with E-state index in [1.165, 1.54) is 5.56 Å². The molecule has 0 radical (unpaired) electrons. The molecule has 30 heavy (non-hydrogen) atoms. The van der Waals surface area contributed by atoms with Gasteiger partial charge in [0, 0.05) is 37.3 Å². The first-order valence-electron chi connectivity index (χ1n) is 10.3. The summed E-state index contributed by atoms with van der Waals surface area (Å²) in [4.78, 5) is 29.4. The summed E-state index contributed by atoms with van der Waals surface area (Å²) in [6.07, 6.45) is 0. The number of nitrogens with zero attached hydrogens (tertiary/aromatic N) is 2. The van der Waals surface area contributed by atoms with Crippen molar-refractivity contribution < 1.29 is 9.59 Å². The van der Waals surface area contributed by atoms with Gasteiger partial charge in [-0.15, -0.1) is 0 Å². The molecule has 1 fully saturated rings. The first kappa shape index (κ1) is 19.9. The normalized spacial score (nSPS) is 13.9. The summed E-state index contributed by atoms with van der Waals surface area (Å²) in [6.45, 7) is 6.27. The average molecular weight is 399 g/mol. The largest absolute Gasteiger partial charge is 0.335 e. The van der Waals surface area contributed by atoms with Crippen LogP contribution >= 0.6 is 0 Å². The maximum absolute atomic E-state index is 12.9. The topological polar surface area (TPSA) is 40.6 Å². The monoisotopic (exact) mass is 398 g/mol. The Morgan fingerprint density at radius 3 is 1.67 bits per heavy atom. The van der Waals surface area contributed by atoms with Gasteiger partial charge in [-0.2, -0.15) is 0 Å². The van der Waals surface area contributed by atoms with Crippen molar-refractivity contribution in [2.45, 2.75) is 13.8 Å². The first-order chi connectivity index (χ1) is 14.5. The molecule has 4 rings (SSSR count). The zero-order chi connectivity index (χ0) is 21.1. The van der Waals surface area contributed by atoms with Gasteiger partial charge in [0.15, 0.2) is 0 Å². The molecule has 0 saturated carbocycles. The molecule has 2 amide bonds. The van der Waals surface area contributed by atoms with E-state index in [-0.39, 0.29) is 11.8 Å². The van der Waals surface area contributed by atoms with Gasteiger partial charge < -0.3 is 9.80 Å². The smallest absolute Gasteiger partial charge is 0.253 e. The molecular formula is C26H26N2O2. The molecular weight excluding hydrogens is 372 g/mol. The van der Waals surface area contributed by atoms with Crippen LogP contribution in [-0.2, 0) is 0 Å². The van der Waals surface area contributed by atoms with Crippen LogP contribution in [0, 0.1) is 13.8 Å². The van der Waals surface area contributed by atoms with Gasteiger partial charge in [0.1, 0.15) is 0 Å². The van der Waals surface area contributed by atoms with Crippen LogP contribution in [0.5, 0.6) is 0 Å². The quantitative estimate of drug-likeness (QED) is 0.649. The minimum Gasteiger partial charge on any atom is -0.335 e. The number of rotatable bonds is 3. The summed E-state index contributed by atoms with van der Waals surface area (Å²) in [5, 5.41) is 0. The highest BCUT2D eigenvalue weighted by Crippen LogP contribution is 2.20. The Morgan fingerprint density at radius 1 is 0.600 bits per heavy atom. The Morgan fingerprint density at radius 2 is 1.10 bits per heavy atom. The second-order valence-corrected chi connectivity index (χ2v) is 7.83. The Labute approximate surface area is 177 Å². The van der Waals surface area contributed by atoms with Crippen molar-refractivity contribution in [3.05, 3.63) is 95.1 Å². The van der Waals surface area contributed by atoms with E-state index < -0.39 is 0 Å². The highest BCUT2D eigenvalue weighted by Gasteiger charge is 2.25. The SMILES string of the molecule is Cc1ccc(C(=O)N2CCN(C(=O)c3ccc(-c4ccccc4)cc3)CC2)cc1C. The number of aryl methyl sites for hydroxylation is 2. The van der Waals surface area contributed by atoms with Gasteiger partial charge in [0.2, 0.25) is 0 Å². The molecule has 0 aliphatic carbocycles. The number of hydrogen-bond donors (Lipinski definition) is 0. The lowest BCUT2D eigenvalue weighted by Crippen LogP contribution is -2.50. The van der Waals surface area contributed by atoms with Crippen LogP contribution in [0.3, 0.4) is 0 Å². The third-order valence-electron chi connectivity index (χ3n) is 5.85.